The molecule has 25 heavy (non-hydrogen) atoms. The van der Waals surface area contributed by atoms with E-state index in [-0.39, 0.29) is 23.1 Å². The van der Waals surface area contributed by atoms with Gasteiger partial charge in [-0.3, -0.25) is 10.1 Å². The molecule has 3 fully saturated rings. The number of fused-ring (bicyclic) bond motifs is 1. The third-order valence-corrected chi connectivity index (χ3v) is 5.41. The van der Waals surface area contributed by atoms with Crippen molar-refractivity contribution in [2.45, 2.75) is 38.4 Å². The monoisotopic (exact) mass is 412 g/mol. The Morgan fingerprint density at radius 3 is 2.72 bits per heavy atom. The lowest BCUT2D eigenvalue weighted by Crippen LogP contribution is -2.51. The highest BCUT2D eigenvalue weighted by Crippen LogP contribution is 2.59. The summed E-state index contributed by atoms with van der Waals surface area (Å²) in [5.41, 5.74) is -0.365. The molecule has 0 radical (unpaired) electrons. The number of hydrogen-bond donors (Lipinski definition) is 1. The number of rotatable bonds is 7. The molecule has 0 unspecified atom stereocenters. The van der Waals surface area contributed by atoms with E-state index in [1.807, 2.05) is 13.8 Å². The number of halogens is 1. The summed E-state index contributed by atoms with van der Waals surface area (Å²) in [5, 5.41) is 20.2. The molecule has 8 heteroatoms. The van der Waals surface area contributed by atoms with Crippen LogP contribution in [0.4, 0.5) is 5.69 Å². The zero-order valence-electron chi connectivity index (χ0n) is 14.4. The Hall–Kier alpha value is -1.51. The molecule has 2 heterocycles. The summed E-state index contributed by atoms with van der Waals surface area (Å²) in [7, 11) is 1.62. The Kier molecular flexibility index (Phi) is 4.63. The minimum Gasteiger partial charge on any atom is -0.490 e. The van der Waals surface area contributed by atoms with Crippen LogP contribution in [0.15, 0.2) is 16.6 Å². The lowest BCUT2D eigenvalue weighted by molar-refractivity contribution is -0.385. The van der Waals surface area contributed by atoms with Crippen LogP contribution in [0, 0.1) is 20.9 Å². The van der Waals surface area contributed by atoms with Gasteiger partial charge in [-0.15, -0.1) is 0 Å². The Bertz CT molecular complexity index is 728. The molecule has 1 aromatic carbocycles. The second-order valence-electron chi connectivity index (χ2n) is 7.14. The zero-order chi connectivity index (χ0) is 18.4. The third kappa shape index (κ3) is 3.07. The molecular weight excluding hydrogens is 392 g/mol. The highest BCUT2D eigenvalue weighted by molar-refractivity contribution is 9.10. The molecule has 1 aromatic rings. The number of methoxy groups -OCH3 is 1. The fraction of sp³-hybridized carbons (Fsp3) is 0.588. The van der Waals surface area contributed by atoms with Gasteiger partial charge in [-0.25, -0.2) is 0 Å². The first-order chi connectivity index (χ1) is 11.7. The van der Waals surface area contributed by atoms with Crippen molar-refractivity contribution < 1.29 is 19.1 Å². The standard InChI is InChI=1S/C17H21BrN2O5/c1-10(2)25-14-5-13(20(21)22)11(4-12(14)18)15(19)16-6-17(7-16,9-23-3)24-8-16/h4-5,10,19H,6-9H2,1-3H3. The van der Waals surface area contributed by atoms with Crippen LogP contribution in [-0.2, 0) is 9.47 Å². The van der Waals surface area contributed by atoms with Crippen molar-refractivity contribution in [1.82, 2.24) is 0 Å². The molecule has 3 aliphatic rings. The summed E-state index contributed by atoms with van der Waals surface area (Å²) in [6.45, 7) is 4.59. The van der Waals surface area contributed by atoms with Crippen LogP contribution in [-0.4, -0.2) is 42.7 Å². The van der Waals surface area contributed by atoms with Gasteiger partial charge in [-0.2, -0.15) is 0 Å². The summed E-state index contributed by atoms with van der Waals surface area (Å²) < 4.78 is 17.3. The average molecular weight is 413 g/mol. The van der Waals surface area contributed by atoms with Gasteiger partial charge in [0.25, 0.3) is 5.69 Å². The van der Waals surface area contributed by atoms with Crippen LogP contribution in [0.3, 0.4) is 0 Å². The quantitative estimate of drug-likeness (QED) is 0.418. The van der Waals surface area contributed by atoms with E-state index in [0.717, 1.165) is 0 Å². The maximum absolute atomic E-state index is 11.6. The fourth-order valence-electron chi connectivity index (χ4n) is 3.86. The minimum atomic E-state index is -0.469. The highest BCUT2D eigenvalue weighted by atomic mass is 79.9. The molecule has 7 nitrogen and oxygen atoms in total. The summed E-state index contributed by atoms with van der Waals surface area (Å²) >= 11 is 3.41. The molecule has 2 aliphatic heterocycles. The fourth-order valence-corrected chi connectivity index (χ4v) is 4.29. The van der Waals surface area contributed by atoms with Gasteiger partial charge in [0.1, 0.15) is 5.75 Å². The van der Waals surface area contributed by atoms with Gasteiger partial charge in [0.05, 0.1) is 51.7 Å². The first-order valence-corrected chi connectivity index (χ1v) is 8.88. The molecule has 2 bridgehead atoms. The van der Waals surface area contributed by atoms with Crippen molar-refractivity contribution in [1.29, 1.82) is 5.41 Å². The number of nitrogens with one attached hydrogen (secondary N) is 1. The van der Waals surface area contributed by atoms with Crippen LogP contribution < -0.4 is 4.74 Å². The van der Waals surface area contributed by atoms with Crippen molar-refractivity contribution in [3.05, 3.63) is 32.3 Å². The number of nitrogens with zero attached hydrogens (tertiary/aromatic N) is 1. The van der Waals surface area contributed by atoms with Crippen LogP contribution in [0.5, 0.6) is 5.75 Å². The largest absolute Gasteiger partial charge is 0.490 e. The lowest BCUT2D eigenvalue weighted by atomic mass is 9.59. The predicted octanol–water partition coefficient (Wildman–Crippen LogP) is 3.71. The molecule has 1 saturated carbocycles. The predicted molar refractivity (Wildman–Crippen MR) is 95.6 cm³/mol. The van der Waals surface area contributed by atoms with Crippen molar-refractivity contribution in [3.8, 4) is 5.75 Å². The van der Waals surface area contributed by atoms with Crippen LogP contribution in [0.25, 0.3) is 0 Å². The number of ether oxygens (including phenoxy) is 3. The van der Waals surface area contributed by atoms with Gasteiger partial charge in [0.15, 0.2) is 0 Å². The SMILES string of the molecule is COCC12CC(C(=N)c3cc(Br)c(OC(C)C)cc3[N+](=O)[O-])(CO1)C2. The second-order valence-corrected chi connectivity index (χ2v) is 7.99. The molecule has 4 rings (SSSR count). The summed E-state index contributed by atoms with van der Waals surface area (Å²) in [5.74, 6) is 0.403. The Morgan fingerprint density at radius 2 is 2.16 bits per heavy atom. The lowest BCUT2D eigenvalue weighted by Gasteiger charge is -2.44. The maximum atomic E-state index is 11.6. The summed E-state index contributed by atoms with van der Waals surface area (Å²) in [6, 6.07) is 3.00. The van der Waals surface area contributed by atoms with Crippen molar-refractivity contribution in [2.75, 3.05) is 20.3 Å². The highest BCUT2D eigenvalue weighted by Gasteiger charge is 2.65. The van der Waals surface area contributed by atoms with E-state index in [9.17, 15) is 10.1 Å². The van der Waals surface area contributed by atoms with Gasteiger partial charge < -0.3 is 19.6 Å². The van der Waals surface area contributed by atoms with Gasteiger partial charge in [-0.1, -0.05) is 0 Å². The van der Waals surface area contributed by atoms with Gasteiger partial charge >= 0.3 is 0 Å². The third-order valence-electron chi connectivity index (χ3n) is 4.79. The number of hydrogen-bond acceptors (Lipinski definition) is 6. The number of benzene rings is 1. The van der Waals surface area contributed by atoms with E-state index in [1.54, 1.807) is 13.2 Å². The van der Waals surface area contributed by atoms with E-state index in [1.165, 1.54) is 6.07 Å². The molecule has 136 valence electrons. The molecule has 0 aromatic heterocycles. The number of nitro groups is 1. The Morgan fingerprint density at radius 1 is 1.48 bits per heavy atom. The van der Waals surface area contributed by atoms with Crippen LogP contribution in [0.1, 0.15) is 32.3 Å². The maximum Gasteiger partial charge on any atom is 0.282 e. The van der Waals surface area contributed by atoms with Crippen molar-refractivity contribution in [3.63, 3.8) is 0 Å². The van der Waals surface area contributed by atoms with E-state index in [4.69, 9.17) is 19.6 Å². The van der Waals surface area contributed by atoms with Crippen LogP contribution >= 0.6 is 15.9 Å². The van der Waals surface area contributed by atoms with Crippen molar-refractivity contribution in [2.24, 2.45) is 5.41 Å². The van der Waals surface area contributed by atoms with E-state index in [2.05, 4.69) is 15.9 Å². The normalized spacial score (nSPS) is 27.2. The van der Waals surface area contributed by atoms with Gasteiger partial charge in [0, 0.05) is 12.5 Å². The van der Waals surface area contributed by atoms with Crippen molar-refractivity contribution >= 4 is 27.3 Å². The molecular formula is C17H21BrN2O5. The van der Waals surface area contributed by atoms with E-state index in [0.29, 0.717) is 41.8 Å². The first kappa shape index (κ1) is 18.3. The summed E-state index contributed by atoms with van der Waals surface area (Å²) in [6.07, 6.45) is 1.21. The van der Waals surface area contributed by atoms with Gasteiger partial charge in [-0.05, 0) is 48.7 Å². The topological polar surface area (TPSA) is 94.7 Å². The zero-order valence-corrected chi connectivity index (χ0v) is 16.0. The smallest absolute Gasteiger partial charge is 0.282 e. The van der Waals surface area contributed by atoms with E-state index >= 15 is 0 Å². The molecule has 1 N–H and O–H groups in total. The van der Waals surface area contributed by atoms with Crippen LogP contribution in [0.2, 0.25) is 0 Å². The van der Waals surface area contributed by atoms with Gasteiger partial charge in [0.2, 0.25) is 0 Å². The molecule has 0 spiro atoms. The summed E-state index contributed by atoms with van der Waals surface area (Å²) in [4.78, 5) is 11.1. The number of nitro benzene ring substituents is 1. The Balaban J connectivity index is 1.93. The molecule has 1 aliphatic carbocycles. The molecule has 0 amide bonds. The minimum absolute atomic E-state index is 0.107. The molecule has 0 atom stereocenters. The Labute approximate surface area is 154 Å². The molecule has 2 saturated heterocycles. The average Bonchev–Trinajstić information content (AvgIpc) is 3.04. The first-order valence-electron chi connectivity index (χ1n) is 8.09. The van der Waals surface area contributed by atoms with E-state index < -0.39 is 10.3 Å². The second kappa shape index (κ2) is 6.34.